The van der Waals surface area contributed by atoms with Crippen molar-refractivity contribution in [2.45, 2.75) is 105 Å². The molecule has 3 nitrogen and oxygen atoms in total. The highest BCUT2D eigenvalue weighted by Gasteiger charge is 2.69. The maximum Gasteiger partial charge on any atom is 0.133 e. The molecule has 8 atom stereocenters. The van der Waals surface area contributed by atoms with Crippen molar-refractivity contribution in [3.05, 3.63) is 0 Å². The van der Waals surface area contributed by atoms with Gasteiger partial charge in [0.15, 0.2) is 0 Å². The predicted octanol–water partition coefficient (Wildman–Crippen LogP) is 5.78. The van der Waals surface area contributed by atoms with Gasteiger partial charge in [0, 0.05) is 17.9 Å². The fourth-order valence-electron chi connectivity index (χ4n) is 9.43. The van der Waals surface area contributed by atoms with Crippen molar-refractivity contribution in [2.24, 2.45) is 39.4 Å². The van der Waals surface area contributed by atoms with Crippen LogP contribution in [0.4, 0.5) is 0 Å². The molecule has 0 heterocycles. The fourth-order valence-corrected chi connectivity index (χ4v) is 9.43. The maximum absolute atomic E-state index is 12.5. The number of fused-ring (bicyclic) bond motifs is 5. The number of rotatable bonds is 4. The third-order valence-corrected chi connectivity index (χ3v) is 11.2. The molecule has 0 aromatic carbocycles. The summed E-state index contributed by atoms with van der Waals surface area (Å²) in [6.07, 6.45) is 10.0. The van der Waals surface area contributed by atoms with Gasteiger partial charge in [-0.1, -0.05) is 20.8 Å². The lowest BCUT2D eigenvalue weighted by molar-refractivity contribution is -0.233. The third kappa shape index (κ3) is 2.85. The molecule has 0 aromatic heterocycles. The Bertz CT molecular complexity index is 671. The van der Waals surface area contributed by atoms with Gasteiger partial charge in [-0.05, 0) is 107 Å². The van der Waals surface area contributed by atoms with Gasteiger partial charge in [-0.2, -0.15) is 0 Å². The first-order valence-electron chi connectivity index (χ1n) is 12.3. The molecule has 4 rings (SSSR count). The largest absolute Gasteiger partial charge is 0.390 e. The standard InChI is InChI=1S/C26H44O3/c1-7-29-17-26-15-14-23(4,28)16-22(26,3)11-8-20-21(26)10-13-24(5)19(18(2)27)9-12-25(20,24)6/h19-21,28H,7-17H2,1-6H3/t19-,20-,21+,22+,23-,24-,25+,26+/m1/s1. The Morgan fingerprint density at radius 3 is 2.24 bits per heavy atom. The van der Waals surface area contributed by atoms with Gasteiger partial charge in [0.1, 0.15) is 5.78 Å². The quantitative estimate of drug-likeness (QED) is 0.646. The third-order valence-electron chi connectivity index (χ3n) is 11.2. The number of ether oxygens (including phenoxy) is 1. The Balaban J connectivity index is 1.74. The summed E-state index contributed by atoms with van der Waals surface area (Å²) in [6.45, 7) is 15.0. The van der Waals surface area contributed by atoms with Crippen LogP contribution in [0, 0.1) is 39.4 Å². The molecule has 1 N–H and O–H groups in total. The molecule has 0 aliphatic heterocycles. The van der Waals surface area contributed by atoms with Gasteiger partial charge < -0.3 is 9.84 Å². The number of hydrogen-bond donors (Lipinski definition) is 1. The van der Waals surface area contributed by atoms with Crippen LogP contribution in [0.1, 0.15) is 99.3 Å². The van der Waals surface area contributed by atoms with E-state index in [2.05, 4.69) is 27.7 Å². The summed E-state index contributed by atoms with van der Waals surface area (Å²) in [5.74, 6) is 2.00. The van der Waals surface area contributed by atoms with Crippen molar-refractivity contribution >= 4 is 5.78 Å². The van der Waals surface area contributed by atoms with E-state index in [9.17, 15) is 9.90 Å². The van der Waals surface area contributed by atoms with Crippen LogP contribution in [-0.4, -0.2) is 29.7 Å². The van der Waals surface area contributed by atoms with Gasteiger partial charge in [0.25, 0.3) is 0 Å². The van der Waals surface area contributed by atoms with E-state index in [1.807, 2.05) is 13.8 Å². The van der Waals surface area contributed by atoms with E-state index in [-0.39, 0.29) is 27.6 Å². The number of hydrogen-bond acceptors (Lipinski definition) is 3. The first-order chi connectivity index (χ1) is 13.4. The van der Waals surface area contributed by atoms with Crippen LogP contribution in [0.3, 0.4) is 0 Å². The molecule has 4 fully saturated rings. The van der Waals surface area contributed by atoms with Gasteiger partial charge in [-0.3, -0.25) is 4.79 Å². The Labute approximate surface area is 178 Å². The van der Waals surface area contributed by atoms with Crippen LogP contribution in [0.2, 0.25) is 0 Å². The van der Waals surface area contributed by atoms with Crippen LogP contribution >= 0.6 is 0 Å². The van der Waals surface area contributed by atoms with E-state index < -0.39 is 5.60 Å². The molecular formula is C26H44O3. The normalized spacial score (nSPS) is 54.4. The topological polar surface area (TPSA) is 46.5 Å². The zero-order valence-corrected chi connectivity index (χ0v) is 19.8. The van der Waals surface area contributed by atoms with Crippen LogP contribution in [0.15, 0.2) is 0 Å². The lowest BCUT2D eigenvalue weighted by atomic mass is 9.36. The summed E-state index contributed by atoms with van der Waals surface area (Å²) >= 11 is 0. The molecule has 0 unspecified atom stereocenters. The zero-order chi connectivity index (χ0) is 21.3. The molecule has 0 aromatic rings. The Morgan fingerprint density at radius 2 is 1.59 bits per heavy atom. The van der Waals surface area contributed by atoms with E-state index in [1.54, 1.807) is 0 Å². The Kier molecular flexibility index (Phi) is 5.11. The van der Waals surface area contributed by atoms with Gasteiger partial charge in [0.05, 0.1) is 12.2 Å². The molecule has 4 saturated carbocycles. The van der Waals surface area contributed by atoms with Crippen molar-refractivity contribution < 1.29 is 14.6 Å². The average Bonchev–Trinajstić information content (AvgIpc) is 2.91. The van der Waals surface area contributed by atoms with Gasteiger partial charge in [0.2, 0.25) is 0 Å². The first-order valence-corrected chi connectivity index (χ1v) is 12.3. The maximum atomic E-state index is 12.5. The Morgan fingerprint density at radius 1 is 0.931 bits per heavy atom. The molecular weight excluding hydrogens is 360 g/mol. The summed E-state index contributed by atoms with van der Waals surface area (Å²) in [5, 5.41) is 11.0. The van der Waals surface area contributed by atoms with Crippen molar-refractivity contribution in [2.75, 3.05) is 13.2 Å². The smallest absolute Gasteiger partial charge is 0.133 e. The monoisotopic (exact) mass is 404 g/mol. The van der Waals surface area contributed by atoms with Gasteiger partial charge in [-0.15, -0.1) is 0 Å². The van der Waals surface area contributed by atoms with Gasteiger partial charge >= 0.3 is 0 Å². The van der Waals surface area contributed by atoms with E-state index in [4.69, 9.17) is 4.74 Å². The van der Waals surface area contributed by atoms with Crippen molar-refractivity contribution in [1.82, 2.24) is 0 Å². The number of carbonyl (C=O) groups is 1. The zero-order valence-electron chi connectivity index (χ0n) is 19.8. The molecule has 0 bridgehead atoms. The van der Waals surface area contributed by atoms with E-state index in [0.29, 0.717) is 17.6 Å². The molecule has 29 heavy (non-hydrogen) atoms. The van der Waals surface area contributed by atoms with E-state index in [0.717, 1.165) is 38.9 Å². The number of aliphatic hydroxyl groups is 1. The van der Waals surface area contributed by atoms with Crippen molar-refractivity contribution in [1.29, 1.82) is 0 Å². The molecule has 4 aliphatic carbocycles. The minimum Gasteiger partial charge on any atom is -0.390 e. The fraction of sp³-hybridized carbons (Fsp3) is 0.962. The summed E-state index contributed by atoms with van der Waals surface area (Å²) in [6, 6.07) is 0. The molecule has 0 saturated heterocycles. The number of carbonyl (C=O) groups excluding carboxylic acids is 1. The average molecular weight is 405 g/mol. The molecule has 3 heteroatoms. The highest BCUT2D eigenvalue weighted by atomic mass is 16.5. The molecule has 0 spiro atoms. The summed E-state index contributed by atoms with van der Waals surface area (Å²) in [5.41, 5.74) is 0.186. The molecule has 166 valence electrons. The van der Waals surface area contributed by atoms with Crippen molar-refractivity contribution in [3.8, 4) is 0 Å². The highest BCUT2D eigenvalue weighted by Crippen LogP contribution is 2.75. The second kappa shape index (κ2) is 6.79. The van der Waals surface area contributed by atoms with Crippen LogP contribution in [0.25, 0.3) is 0 Å². The lowest BCUT2D eigenvalue weighted by Gasteiger charge is -2.69. The minimum absolute atomic E-state index is 0.147. The van der Waals surface area contributed by atoms with Crippen molar-refractivity contribution in [3.63, 3.8) is 0 Å². The lowest BCUT2D eigenvalue weighted by Crippen LogP contribution is -2.64. The van der Waals surface area contributed by atoms with E-state index in [1.165, 1.54) is 32.1 Å². The predicted molar refractivity (Wildman–Crippen MR) is 117 cm³/mol. The second-order valence-electron chi connectivity index (χ2n) is 12.4. The molecule has 0 radical (unpaired) electrons. The summed E-state index contributed by atoms with van der Waals surface area (Å²) in [7, 11) is 0. The molecule has 4 aliphatic rings. The minimum atomic E-state index is -0.544. The highest BCUT2D eigenvalue weighted by molar-refractivity contribution is 5.79. The Hall–Kier alpha value is -0.410. The number of Topliss-reactive ketones (excluding diaryl/α,β-unsaturated/α-hetero) is 1. The van der Waals surface area contributed by atoms with Gasteiger partial charge in [-0.25, -0.2) is 0 Å². The summed E-state index contributed by atoms with van der Waals surface area (Å²) in [4.78, 5) is 12.5. The molecule has 0 amide bonds. The second-order valence-corrected chi connectivity index (χ2v) is 12.4. The van der Waals surface area contributed by atoms with Crippen LogP contribution in [-0.2, 0) is 9.53 Å². The van der Waals surface area contributed by atoms with Crippen LogP contribution in [0.5, 0.6) is 0 Å². The van der Waals surface area contributed by atoms with E-state index >= 15 is 0 Å². The first kappa shape index (κ1) is 21.8. The summed E-state index contributed by atoms with van der Waals surface area (Å²) < 4.78 is 6.21. The van der Waals surface area contributed by atoms with Crippen LogP contribution < -0.4 is 0 Å². The number of ketones is 1. The SMILES string of the molecule is CCOC[C@]12CC[C@@](C)(O)C[C@]1(C)CC[C@@H]1[C@@H]2CC[C@]2(C)[C@@H](C(C)=O)CC[C@@]12C.